The van der Waals surface area contributed by atoms with Crippen molar-refractivity contribution in [1.29, 1.82) is 0 Å². The number of hydrogen-bond donors (Lipinski definition) is 0. The van der Waals surface area contributed by atoms with Gasteiger partial charge in [-0.05, 0) is 23.8 Å². The SMILES string of the molecule is COCc1nc(-c2ccccc2)nc(N2CCN(C(=O)c3ccccc3Cl)CC2)c1Cc1cccc(C(F)(F)F)c1. The average Bonchev–Trinajstić information content (AvgIpc) is 2.98. The summed E-state index contributed by atoms with van der Waals surface area (Å²) in [5.74, 6) is 0.968. The number of amides is 1. The van der Waals surface area contributed by atoms with Gasteiger partial charge in [-0.25, -0.2) is 9.97 Å². The number of rotatable bonds is 7. The fourth-order valence-corrected chi connectivity index (χ4v) is 5.14. The van der Waals surface area contributed by atoms with Crippen LogP contribution in [0.4, 0.5) is 19.0 Å². The highest BCUT2D eigenvalue weighted by Gasteiger charge is 2.31. The summed E-state index contributed by atoms with van der Waals surface area (Å²) in [6.07, 6.45) is -4.27. The molecule has 3 aromatic carbocycles. The van der Waals surface area contributed by atoms with Crippen molar-refractivity contribution >= 4 is 23.3 Å². The van der Waals surface area contributed by atoms with Crippen molar-refractivity contribution in [2.24, 2.45) is 0 Å². The summed E-state index contributed by atoms with van der Waals surface area (Å²) in [4.78, 5) is 26.7. The summed E-state index contributed by atoms with van der Waals surface area (Å²) in [6.45, 7) is 1.97. The predicted octanol–water partition coefficient (Wildman–Crippen LogP) is 6.52. The second kappa shape index (κ2) is 12.3. The fourth-order valence-electron chi connectivity index (χ4n) is 4.92. The molecule has 1 amide bonds. The summed E-state index contributed by atoms with van der Waals surface area (Å²) >= 11 is 6.27. The smallest absolute Gasteiger partial charge is 0.378 e. The monoisotopic (exact) mass is 580 g/mol. The maximum atomic E-state index is 13.5. The Morgan fingerprint density at radius 1 is 0.927 bits per heavy atom. The van der Waals surface area contributed by atoms with E-state index < -0.39 is 11.7 Å². The Morgan fingerprint density at radius 3 is 2.32 bits per heavy atom. The third kappa shape index (κ3) is 6.52. The maximum absolute atomic E-state index is 13.5. The number of piperazine rings is 1. The highest BCUT2D eigenvalue weighted by atomic mass is 35.5. The predicted molar refractivity (Wildman–Crippen MR) is 152 cm³/mol. The number of ether oxygens (including phenoxy) is 1. The van der Waals surface area contributed by atoms with Crippen LogP contribution in [0.25, 0.3) is 11.4 Å². The van der Waals surface area contributed by atoms with E-state index >= 15 is 0 Å². The molecule has 1 saturated heterocycles. The number of halogens is 4. The minimum atomic E-state index is -4.45. The molecule has 0 radical (unpaired) electrons. The van der Waals surface area contributed by atoms with E-state index in [0.29, 0.717) is 65.2 Å². The number of methoxy groups -OCH3 is 1. The molecule has 0 atom stereocenters. The Bertz CT molecular complexity index is 1520. The van der Waals surface area contributed by atoms with Crippen molar-refractivity contribution < 1.29 is 22.7 Å². The third-order valence-electron chi connectivity index (χ3n) is 6.99. The molecule has 2 heterocycles. The maximum Gasteiger partial charge on any atom is 0.416 e. The minimum absolute atomic E-state index is 0.146. The van der Waals surface area contributed by atoms with Gasteiger partial charge < -0.3 is 14.5 Å². The van der Waals surface area contributed by atoms with Gasteiger partial charge in [0.25, 0.3) is 5.91 Å². The Balaban J connectivity index is 1.51. The largest absolute Gasteiger partial charge is 0.416 e. The summed E-state index contributed by atoms with van der Waals surface area (Å²) in [7, 11) is 1.55. The average molecular weight is 581 g/mol. The highest BCUT2D eigenvalue weighted by Crippen LogP contribution is 2.33. The molecule has 1 aliphatic heterocycles. The highest BCUT2D eigenvalue weighted by molar-refractivity contribution is 6.33. The summed E-state index contributed by atoms with van der Waals surface area (Å²) < 4.78 is 45.9. The van der Waals surface area contributed by atoms with Crippen LogP contribution in [-0.2, 0) is 23.9 Å². The Labute approximate surface area is 241 Å². The van der Waals surface area contributed by atoms with Crippen molar-refractivity contribution in [3.63, 3.8) is 0 Å². The lowest BCUT2D eigenvalue weighted by atomic mass is 10.0. The third-order valence-corrected chi connectivity index (χ3v) is 7.32. The molecule has 0 spiro atoms. The Morgan fingerprint density at radius 2 is 1.63 bits per heavy atom. The van der Waals surface area contributed by atoms with Gasteiger partial charge in [-0.15, -0.1) is 0 Å². The van der Waals surface area contributed by atoms with E-state index in [4.69, 9.17) is 26.3 Å². The van der Waals surface area contributed by atoms with E-state index in [1.165, 1.54) is 6.07 Å². The lowest BCUT2D eigenvalue weighted by molar-refractivity contribution is -0.137. The van der Waals surface area contributed by atoms with Crippen LogP contribution in [0.5, 0.6) is 0 Å². The molecule has 212 valence electrons. The summed E-state index contributed by atoms with van der Waals surface area (Å²) in [5, 5.41) is 0.399. The van der Waals surface area contributed by atoms with E-state index in [1.807, 2.05) is 30.3 Å². The van der Waals surface area contributed by atoms with Gasteiger partial charge in [0, 0.05) is 50.8 Å². The van der Waals surface area contributed by atoms with Crippen LogP contribution >= 0.6 is 11.6 Å². The molecular weight excluding hydrogens is 553 g/mol. The molecular formula is C31H28ClF3N4O2. The van der Waals surface area contributed by atoms with E-state index in [1.54, 1.807) is 42.3 Å². The number of aromatic nitrogens is 2. The van der Waals surface area contributed by atoms with Crippen LogP contribution in [0.15, 0.2) is 78.9 Å². The number of nitrogens with zero attached hydrogens (tertiary/aromatic N) is 4. The Kier molecular flexibility index (Phi) is 8.56. The van der Waals surface area contributed by atoms with Gasteiger partial charge in [-0.2, -0.15) is 13.2 Å². The molecule has 0 saturated carbocycles. The number of anilines is 1. The number of carbonyl (C=O) groups excluding carboxylic acids is 1. The molecule has 0 unspecified atom stereocenters. The molecule has 4 aromatic rings. The first kappa shape index (κ1) is 28.6. The minimum Gasteiger partial charge on any atom is -0.378 e. The first-order chi connectivity index (χ1) is 19.7. The molecule has 0 N–H and O–H groups in total. The number of benzene rings is 3. The van der Waals surface area contributed by atoms with E-state index in [-0.39, 0.29) is 18.9 Å². The molecule has 5 rings (SSSR count). The van der Waals surface area contributed by atoms with E-state index in [2.05, 4.69) is 4.90 Å². The van der Waals surface area contributed by atoms with Crippen LogP contribution in [0, 0.1) is 0 Å². The van der Waals surface area contributed by atoms with Crippen LogP contribution in [-0.4, -0.2) is 54.1 Å². The Hall–Kier alpha value is -3.95. The summed E-state index contributed by atoms with van der Waals surface area (Å²) in [6, 6.07) is 21.7. The van der Waals surface area contributed by atoms with Crippen molar-refractivity contribution in [3.05, 3.63) is 112 Å². The van der Waals surface area contributed by atoms with Gasteiger partial charge in [0.05, 0.1) is 28.5 Å². The standard InChI is InChI=1S/C31H28ClF3N4O2/c1-41-20-27-25(19-21-8-7-11-23(18-21)31(33,34)35)29(37-28(36-27)22-9-3-2-4-10-22)38-14-16-39(17-15-38)30(40)24-12-5-6-13-26(24)32/h2-13,18H,14-17,19-20H2,1H3. The molecule has 0 bridgehead atoms. The molecule has 10 heteroatoms. The molecule has 41 heavy (non-hydrogen) atoms. The van der Waals surface area contributed by atoms with Gasteiger partial charge >= 0.3 is 6.18 Å². The van der Waals surface area contributed by atoms with Gasteiger partial charge in [-0.3, -0.25) is 4.79 Å². The van der Waals surface area contributed by atoms with Crippen molar-refractivity contribution in [2.45, 2.75) is 19.2 Å². The zero-order chi connectivity index (χ0) is 29.0. The molecule has 6 nitrogen and oxygen atoms in total. The van der Waals surface area contributed by atoms with Crippen molar-refractivity contribution in [2.75, 3.05) is 38.2 Å². The topological polar surface area (TPSA) is 58.6 Å². The lowest BCUT2D eigenvalue weighted by Crippen LogP contribution is -2.49. The van der Waals surface area contributed by atoms with Gasteiger partial charge in [0.1, 0.15) is 5.82 Å². The van der Waals surface area contributed by atoms with Crippen LogP contribution < -0.4 is 4.90 Å². The molecule has 0 aliphatic carbocycles. The zero-order valence-corrected chi connectivity index (χ0v) is 23.1. The first-order valence-electron chi connectivity index (χ1n) is 13.1. The van der Waals surface area contributed by atoms with Crippen LogP contribution in [0.2, 0.25) is 5.02 Å². The van der Waals surface area contributed by atoms with Gasteiger partial charge in [0.15, 0.2) is 5.82 Å². The van der Waals surface area contributed by atoms with E-state index in [0.717, 1.165) is 17.7 Å². The number of alkyl halides is 3. The second-order valence-electron chi connectivity index (χ2n) is 9.73. The lowest BCUT2D eigenvalue weighted by Gasteiger charge is -2.37. The van der Waals surface area contributed by atoms with Crippen molar-refractivity contribution in [3.8, 4) is 11.4 Å². The van der Waals surface area contributed by atoms with Crippen LogP contribution in [0.3, 0.4) is 0 Å². The van der Waals surface area contributed by atoms with Crippen LogP contribution in [0.1, 0.15) is 32.7 Å². The number of hydrogen-bond acceptors (Lipinski definition) is 5. The van der Waals surface area contributed by atoms with E-state index in [9.17, 15) is 18.0 Å². The normalized spacial score (nSPS) is 13.9. The van der Waals surface area contributed by atoms with Gasteiger partial charge in [0.2, 0.25) is 0 Å². The molecule has 1 aromatic heterocycles. The van der Waals surface area contributed by atoms with Crippen molar-refractivity contribution in [1.82, 2.24) is 14.9 Å². The quantitative estimate of drug-likeness (QED) is 0.249. The summed E-state index contributed by atoms with van der Waals surface area (Å²) in [5.41, 5.74) is 2.33. The fraction of sp³-hybridized carbons (Fsp3) is 0.258. The first-order valence-corrected chi connectivity index (χ1v) is 13.5. The molecule has 1 fully saturated rings. The van der Waals surface area contributed by atoms with Gasteiger partial charge in [-0.1, -0.05) is 72.3 Å². The zero-order valence-electron chi connectivity index (χ0n) is 22.4. The number of carbonyl (C=O) groups is 1. The second-order valence-corrected chi connectivity index (χ2v) is 10.1. The molecule has 1 aliphatic rings.